The lowest BCUT2D eigenvalue weighted by molar-refractivity contribution is 0.174. The molecule has 1 fully saturated rings. The van der Waals surface area contributed by atoms with Crippen molar-refractivity contribution in [2.24, 2.45) is 0 Å². The van der Waals surface area contributed by atoms with Crippen molar-refractivity contribution in [3.8, 4) is 17.2 Å². The Morgan fingerprint density at radius 2 is 1.74 bits per heavy atom. The van der Waals surface area contributed by atoms with Crippen molar-refractivity contribution in [1.82, 2.24) is 9.32 Å². The molecular weight excluding hydrogens is 520 g/mol. The Bertz CT molecular complexity index is 1180. The molecule has 0 aliphatic carbocycles. The van der Waals surface area contributed by atoms with Gasteiger partial charge in [0.05, 0.1) is 12.8 Å². The molecule has 34 heavy (non-hydrogen) atoms. The maximum Gasteiger partial charge on any atom is 0.231 e. The normalized spacial score (nSPS) is 21.6. The highest BCUT2D eigenvalue weighted by Crippen LogP contribution is 2.56. The predicted molar refractivity (Wildman–Crippen MR) is 137 cm³/mol. The van der Waals surface area contributed by atoms with E-state index in [1.54, 1.807) is 11.5 Å². The van der Waals surface area contributed by atoms with Crippen LogP contribution in [0.25, 0.3) is 11.8 Å². The lowest BCUT2D eigenvalue weighted by Crippen LogP contribution is -2.45. The topological polar surface area (TPSA) is 37.4 Å². The quantitative estimate of drug-likeness (QED) is 0.369. The van der Waals surface area contributed by atoms with E-state index in [4.69, 9.17) is 60.8 Å². The lowest BCUT2D eigenvalue weighted by Gasteiger charge is -2.47. The summed E-state index contributed by atoms with van der Waals surface area (Å²) in [5.41, 5.74) is 6.24. The van der Waals surface area contributed by atoms with Crippen LogP contribution in [0.5, 0.6) is 17.2 Å². The molecule has 1 unspecified atom stereocenters. The van der Waals surface area contributed by atoms with Crippen LogP contribution in [0.3, 0.4) is 0 Å². The zero-order chi connectivity index (χ0) is 23.6. The number of ether oxygens (including phenoxy) is 3. The van der Waals surface area contributed by atoms with Crippen LogP contribution in [0.2, 0.25) is 0 Å². The van der Waals surface area contributed by atoms with E-state index in [0.717, 1.165) is 77.9 Å². The van der Waals surface area contributed by atoms with E-state index in [9.17, 15) is 0 Å². The second kappa shape index (κ2) is 8.45. The van der Waals surface area contributed by atoms with Crippen molar-refractivity contribution < 1.29 is 14.2 Å². The number of rotatable bonds is 2. The predicted octanol–water partition coefficient (Wildman–Crippen LogP) is 5.48. The molecule has 4 aliphatic rings. The third-order valence-electron chi connectivity index (χ3n) is 6.97. The fourth-order valence-corrected chi connectivity index (χ4v) is 6.26. The maximum atomic E-state index is 6.74. The highest BCUT2D eigenvalue weighted by atomic mass is 35.6. The first-order valence-electron chi connectivity index (χ1n) is 11.2. The van der Waals surface area contributed by atoms with Crippen molar-refractivity contribution in [1.29, 1.82) is 0 Å². The summed E-state index contributed by atoms with van der Waals surface area (Å²) in [7, 11) is 1.68. The SMILES string of the molecule is COc1ccc2c(c1N1CCN(Cl)CC1)C(C(Cl)(Cl)Cl)N1CCc3cc4c(cc3C1=C2)OCO4. The largest absolute Gasteiger partial charge is 0.495 e. The van der Waals surface area contributed by atoms with Gasteiger partial charge in [-0.25, -0.2) is 4.42 Å². The van der Waals surface area contributed by atoms with Gasteiger partial charge in [0.25, 0.3) is 0 Å². The third kappa shape index (κ3) is 3.66. The van der Waals surface area contributed by atoms with Gasteiger partial charge in [-0.05, 0) is 53.6 Å². The molecule has 0 amide bonds. The first kappa shape index (κ1) is 22.7. The Kier molecular flexibility index (Phi) is 5.66. The van der Waals surface area contributed by atoms with E-state index in [1.807, 2.05) is 18.2 Å². The summed E-state index contributed by atoms with van der Waals surface area (Å²) >= 11 is 26.5. The molecule has 180 valence electrons. The van der Waals surface area contributed by atoms with Crippen LogP contribution in [0.1, 0.15) is 28.3 Å². The Morgan fingerprint density at radius 1 is 1.00 bits per heavy atom. The van der Waals surface area contributed by atoms with Crippen molar-refractivity contribution in [2.45, 2.75) is 16.3 Å². The molecule has 0 bridgehead atoms. The number of alkyl halides is 3. The summed E-state index contributed by atoms with van der Waals surface area (Å²) in [6, 6.07) is 7.66. The molecule has 6 nitrogen and oxygen atoms in total. The van der Waals surface area contributed by atoms with Gasteiger partial charge < -0.3 is 24.0 Å². The minimum absolute atomic E-state index is 0.235. The Morgan fingerprint density at radius 3 is 2.44 bits per heavy atom. The minimum atomic E-state index is -1.57. The van der Waals surface area contributed by atoms with Gasteiger partial charge in [-0.3, -0.25) is 0 Å². The highest BCUT2D eigenvalue weighted by molar-refractivity contribution is 6.68. The molecule has 0 radical (unpaired) electrons. The molecular formula is C24H23Cl4N3O3. The lowest BCUT2D eigenvalue weighted by atomic mass is 9.85. The van der Waals surface area contributed by atoms with E-state index in [-0.39, 0.29) is 6.79 Å². The highest BCUT2D eigenvalue weighted by Gasteiger charge is 2.46. The zero-order valence-electron chi connectivity index (χ0n) is 18.5. The molecule has 6 rings (SSSR count). The molecule has 2 aromatic rings. The smallest absolute Gasteiger partial charge is 0.231 e. The number of piperazine rings is 1. The standard InChI is InChI=1S/C24H23Cl4N3O3/c1-32-18-3-2-15-10-17-16-12-20-19(33-13-34-20)11-14(16)4-5-31(17)23(24(25,26)27)21(15)22(18)29-6-8-30(28)9-7-29/h2-3,10-12,23H,4-9,13H2,1H3. The summed E-state index contributed by atoms with van der Waals surface area (Å²) in [4.78, 5) is 4.50. The number of halogens is 4. The van der Waals surface area contributed by atoms with Gasteiger partial charge >= 0.3 is 0 Å². The molecule has 1 saturated heterocycles. The molecule has 0 N–H and O–H groups in total. The molecule has 10 heteroatoms. The van der Waals surface area contributed by atoms with Crippen molar-refractivity contribution in [2.75, 3.05) is 51.5 Å². The molecule has 1 atom stereocenters. The fourth-order valence-electron chi connectivity index (χ4n) is 5.43. The summed E-state index contributed by atoms with van der Waals surface area (Å²) in [6.07, 6.45) is 2.99. The van der Waals surface area contributed by atoms with Crippen LogP contribution in [-0.2, 0) is 6.42 Å². The molecule has 4 aliphatic heterocycles. The van der Waals surface area contributed by atoms with Crippen LogP contribution in [-0.4, -0.2) is 59.7 Å². The number of benzene rings is 2. The average Bonchev–Trinajstić information content (AvgIpc) is 3.28. The average molecular weight is 543 g/mol. The molecule has 0 spiro atoms. The van der Waals surface area contributed by atoms with Crippen LogP contribution in [0.15, 0.2) is 24.3 Å². The Balaban J connectivity index is 1.55. The second-order valence-corrected chi connectivity index (χ2v) is 11.6. The van der Waals surface area contributed by atoms with Gasteiger partial charge in [0.15, 0.2) is 11.5 Å². The van der Waals surface area contributed by atoms with Crippen LogP contribution in [0.4, 0.5) is 5.69 Å². The van der Waals surface area contributed by atoms with Gasteiger partial charge in [-0.1, -0.05) is 40.9 Å². The number of methoxy groups -OCH3 is 1. The van der Waals surface area contributed by atoms with E-state index in [0.29, 0.717) is 6.54 Å². The molecule has 2 aromatic carbocycles. The molecule has 0 saturated carbocycles. The monoisotopic (exact) mass is 541 g/mol. The zero-order valence-corrected chi connectivity index (χ0v) is 21.5. The van der Waals surface area contributed by atoms with Crippen LogP contribution >= 0.6 is 46.6 Å². The van der Waals surface area contributed by atoms with Gasteiger partial charge in [-0.15, -0.1) is 0 Å². The molecule has 0 aromatic heterocycles. The summed E-state index contributed by atoms with van der Waals surface area (Å²) < 4.78 is 17.3. The van der Waals surface area contributed by atoms with Crippen molar-refractivity contribution in [3.63, 3.8) is 0 Å². The fraction of sp³-hybridized carbons (Fsp3) is 0.417. The third-order valence-corrected chi connectivity index (χ3v) is 7.93. The Labute approximate surface area is 218 Å². The van der Waals surface area contributed by atoms with Crippen LogP contribution in [0, 0.1) is 0 Å². The molecule has 4 heterocycles. The number of anilines is 1. The summed E-state index contributed by atoms with van der Waals surface area (Å²) in [5, 5.41) is 0. The summed E-state index contributed by atoms with van der Waals surface area (Å²) in [5.74, 6) is 2.29. The number of hydrogen-bond donors (Lipinski definition) is 0. The number of hydrogen-bond acceptors (Lipinski definition) is 6. The second-order valence-electron chi connectivity index (χ2n) is 8.80. The number of nitrogens with zero attached hydrogens (tertiary/aromatic N) is 3. The van der Waals surface area contributed by atoms with E-state index in [2.05, 4.69) is 21.9 Å². The van der Waals surface area contributed by atoms with Crippen LogP contribution < -0.4 is 19.1 Å². The van der Waals surface area contributed by atoms with Crippen molar-refractivity contribution in [3.05, 3.63) is 46.5 Å². The van der Waals surface area contributed by atoms with E-state index < -0.39 is 9.83 Å². The van der Waals surface area contributed by atoms with Gasteiger partial charge in [0.2, 0.25) is 10.6 Å². The Hall–Kier alpha value is -1.70. The number of fused-ring (bicyclic) bond motifs is 5. The van der Waals surface area contributed by atoms with E-state index >= 15 is 0 Å². The summed E-state index contributed by atoms with van der Waals surface area (Å²) in [6.45, 7) is 3.93. The van der Waals surface area contributed by atoms with Gasteiger partial charge in [-0.2, -0.15) is 0 Å². The van der Waals surface area contributed by atoms with Gasteiger partial charge in [0, 0.05) is 49.5 Å². The van der Waals surface area contributed by atoms with E-state index in [1.165, 1.54) is 5.56 Å². The maximum absolute atomic E-state index is 6.74. The van der Waals surface area contributed by atoms with Crippen molar-refractivity contribution >= 4 is 64.0 Å². The first-order chi connectivity index (χ1) is 16.3. The van der Waals surface area contributed by atoms with Gasteiger partial charge in [0.1, 0.15) is 11.8 Å². The first-order valence-corrected chi connectivity index (χ1v) is 12.7. The minimum Gasteiger partial charge on any atom is -0.495 e.